The van der Waals surface area contributed by atoms with Crippen molar-refractivity contribution in [3.8, 4) is 0 Å². The molecule has 0 aliphatic heterocycles. The number of aliphatic hydroxyl groups excluding tert-OH is 3. The fourth-order valence-corrected chi connectivity index (χ4v) is 0.675. The second-order valence-electron chi connectivity index (χ2n) is 2.96. The zero-order valence-electron chi connectivity index (χ0n) is 6.54. The van der Waals surface area contributed by atoms with Crippen molar-refractivity contribution < 1.29 is 15.3 Å². The third-order valence-corrected chi connectivity index (χ3v) is 2.05. The molecule has 0 spiro atoms. The Morgan fingerprint density at radius 3 is 2.00 bits per heavy atom. The SMILES string of the molecule is CC(O)C(C)(CO)CCO. The highest BCUT2D eigenvalue weighted by atomic mass is 16.3. The Morgan fingerprint density at radius 1 is 1.40 bits per heavy atom. The van der Waals surface area contributed by atoms with Crippen LogP contribution in [0.25, 0.3) is 0 Å². The summed E-state index contributed by atoms with van der Waals surface area (Å²) < 4.78 is 0. The highest BCUT2D eigenvalue weighted by Crippen LogP contribution is 2.24. The number of aliphatic hydroxyl groups is 3. The molecule has 0 aromatic rings. The maximum Gasteiger partial charge on any atom is 0.0588 e. The molecule has 0 aliphatic carbocycles. The van der Waals surface area contributed by atoms with E-state index < -0.39 is 11.5 Å². The predicted octanol–water partition coefficient (Wildman–Crippen LogP) is -0.252. The average Bonchev–Trinajstić information content (AvgIpc) is 1.88. The van der Waals surface area contributed by atoms with Crippen molar-refractivity contribution in [3.63, 3.8) is 0 Å². The molecule has 0 heterocycles. The minimum Gasteiger partial charge on any atom is -0.396 e. The van der Waals surface area contributed by atoms with Gasteiger partial charge in [0.15, 0.2) is 0 Å². The number of rotatable bonds is 4. The summed E-state index contributed by atoms with van der Waals surface area (Å²) in [6, 6.07) is 0. The van der Waals surface area contributed by atoms with E-state index in [-0.39, 0.29) is 13.2 Å². The molecule has 3 N–H and O–H groups in total. The molecule has 0 fully saturated rings. The van der Waals surface area contributed by atoms with Crippen molar-refractivity contribution in [2.75, 3.05) is 13.2 Å². The van der Waals surface area contributed by atoms with E-state index in [1.54, 1.807) is 13.8 Å². The van der Waals surface area contributed by atoms with Gasteiger partial charge in [-0.25, -0.2) is 0 Å². The smallest absolute Gasteiger partial charge is 0.0588 e. The highest BCUT2D eigenvalue weighted by Gasteiger charge is 2.28. The highest BCUT2D eigenvalue weighted by molar-refractivity contribution is 4.78. The molecule has 62 valence electrons. The monoisotopic (exact) mass is 148 g/mol. The van der Waals surface area contributed by atoms with Crippen molar-refractivity contribution >= 4 is 0 Å². The summed E-state index contributed by atoms with van der Waals surface area (Å²) in [6.07, 6.45) is -0.147. The van der Waals surface area contributed by atoms with Gasteiger partial charge in [0.2, 0.25) is 0 Å². The first-order valence-electron chi connectivity index (χ1n) is 3.46. The lowest BCUT2D eigenvalue weighted by Gasteiger charge is -2.29. The van der Waals surface area contributed by atoms with Gasteiger partial charge in [-0.3, -0.25) is 0 Å². The maximum absolute atomic E-state index is 9.13. The molecule has 0 saturated carbocycles. The largest absolute Gasteiger partial charge is 0.396 e. The molecule has 0 aromatic carbocycles. The Labute approximate surface area is 61.3 Å². The Kier molecular flexibility index (Phi) is 3.86. The van der Waals surface area contributed by atoms with E-state index in [0.717, 1.165) is 0 Å². The van der Waals surface area contributed by atoms with Crippen LogP contribution in [-0.4, -0.2) is 34.6 Å². The first-order valence-corrected chi connectivity index (χ1v) is 3.46. The standard InChI is InChI=1S/C7H16O3/c1-6(10)7(2,5-9)3-4-8/h6,8-10H,3-5H2,1-2H3. The summed E-state index contributed by atoms with van der Waals surface area (Å²) in [4.78, 5) is 0. The Balaban J connectivity index is 3.94. The van der Waals surface area contributed by atoms with Gasteiger partial charge in [0, 0.05) is 12.0 Å². The summed E-state index contributed by atoms with van der Waals surface area (Å²) in [6.45, 7) is 3.27. The normalized spacial score (nSPS) is 20.1. The van der Waals surface area contributed by atoms with Gasteiger partial charge < -0.3 is 15.3 Å². The summed E-state index contributed by atoms with van der Waals surface area (Å²) in [5.74, 6) is 0. The fourth-order valence-electron chi connectivity index (χ4n) is 0.675. The van der Waals surface area contributed by atoms with Crippen LogP contribution in [0.4, 0.5) is 0 Å². The van der Waals surface area contributed by atoms with Gasteiger partial charge in [-0.1, -0.05) is 6.92 Å². The quantitative estimate of drug-likeness (QED) is 0.515. The van der Waals surface area contributed by atoms with Gasteiger partial charge in [-0.2, -0.15) is 0 Å². The predicted molar refractivity (Wildman–Crippen MR) is 38.6 cm³/mol. The van der Waals surface area contributed by atoms with E-state index in [0.29, 0.717) is 6.42 Å². The molecule has 0 bridgehead atoms. The lowest BCUT2D eigenvalue weighted by atomic mass is 9.83. The minimum atomic E-state index is -0.579. The van der Waals surface area contributed by atoms with E-state index >= 15 is 0 Å². The second kappa shape index (κ2) is 3.91. The van der Waals surface area contributed by atoms with Crippen LogP contribution < -0.4 is 0 Å². The third-order valence-electron chi connectivity index (χ3n) is 2.05. The van der Waals surface area contributed by atoms with Gasteiger partial charge >= 0.3 is 0 Å². The van der Waals surface area contributed by atoms with Crippen LogP contribution in [0.15, 0.2) is 0 Å². The first-order chi connectivity index (χ1) is 4.56. The maximum atomic E-state index is 9.13. The molecular formula is C7H16O3. The van der Waals surface area contributed by atoms with Crippen molar-refractivity contribution in [2.24, 2.45) is 5.41 Å². The first kappa shape index (κ1) is 9.88. The van der Waals surface area contributed by atoms with Crippen LogP contribution in [-0.2, 0) is 0 Å². The molecule has 10 heavy (non-hydrogen) atoms. The van der Waals surface area contributed by atoms with Crippen LogP contribution in [0.1, 0.15) is 20.3 Å². The molecule has 0 saturated heterocycles. The Hall–Kier alpha value is -0.120. The van der Waals surface area contributed by atoms with E-state index in [1.165, 1.54) is 0 Å². The lowest BCUT2D eigenvalue weighted by molar-refractivity contribution is -0.00955. The van der Waals surface area contributed by atoms with Crippen molar-refractivity contribution in [3.05, 3.63) is 0 Å². The van der Waals surface area contributed by atoms with Crippen molar-refractivity contribution in [1.29, 1.82) is 0 Å². The zero-order valence-corrected chi connectivity index (χ0v) is 6.54. The topological polar surface area (TPSA) is 60.7 Å². The van der Waals surface area contributed by atoms with E-state index in [9.17, 15) is 0 Å². The van der Waals surface area contributed by atoms with Crippen LogP contribution in [0.3, 0.4) is 0 Å². The molecule has 3 nitrogen and oxygen atoms in total. The van der Waals surface area contributed by atoms with Crippen LogP contribution >= 0.6 is 0 Å². The second-order valence-corrected chi connectivity index (χ2v) is 2.96. The van der Waals surface area contributed by atoms with Gasteiger partial charge in [0.1, 0.15) is 0 Å². The molecule has 2 atom stereocenters. The molecule has 0 radical (unpaired) electrons. The average molecular weight is 148 g/mol. The van der Waals surface area contributed by atoms with E-state index in [1.807, 2.05) is 0 Å². The fraction of sp³-hybridized carbons (Fsp3) is 1.00. The van der Waals surface area contributed by atoms with Crippen LogP contribution in [0.2, 0.25) is 0 Å². The third kappa shape index (κ3) is 2.25. The zero-order chi connectivity index (χ0) is 8.20. The summed E-state index contributed by atoms with van der Waals surface area (Å²) in [5.41, 5.74) is -0.547. The van der Waals surface area contributed by atoms with Crippen molar-refractivity contribution in [1.82, 2.24) is 0 Å². The molecular weight excluding hydrogens is 132 g/mol. The number of hydrogen-bond acceptors (Lipinski definition) is 3. The lowest BCUT2D eigenvalue weighted by Crippen LogP contribution is -2.34. The Bertz CT molecular complexity index is 92.9. The van der Waals surface area contributed by atoms with E-state index in [4.69, 9.17) is 15.3 Å². The molecule has 3 heteroatoms. The molecule has 2 unspecified atom stereocenters. The van der Waals surface area contributed by atoms with Crippen molar-refractivity contribution in [2.45, 2.75) is 26.4 Å². The molecule has 0 aromatic heterocycles. The Morgan fingerprint density at radius 2 is 1.90 bits per heavy atom. The van der Waals surface area contributed by atoms with Gasteiger partial charge in [-0.15, -0.1) is 0 Å². The minimum absolute atomic E-state index is 0.00194. The van der Waals surface area contributed by atoms with Gasteiger partial charge in [0.05, 0.1) is 12.7 Å². The van der Waals surface area contributed by atoms with Crippen LogP contribution in [0.5, 0.6) is 0 Å². The van der Waals surface area contributed by atoms with Crippen LogP contribution in [0, 0.1) is 5.41 Å². The van der Waals surface area contributed by atoms with Gasteiger partial charge in [-0.05, 0) is 13.3 Å². The molecule has 0 amide bonds. The molecule has 0 aliphatic rings. The molecule has 0 rings (SSSR count). The van der Waals surface area contributed by atoms with Gasteiger partial charge in [0.25, 0.3) is 0 Å². The number of hydrogen-bond donors (Lipinski definition) is 3. The summed E-state index contributed by atoms with van der Waals surface area (Å²) >= 11 is 0. The summed E-state index contributed by atoms with van der Waals surface area (Å²) in [5, 5.41) is 26.5. The van der Waals surface area contributed by atoms with E-state index in [2.05, 4.69) is 0 Å². The summed E-state index contributed by atoms with van der Waals surface area (Å²) in [7, 11) is 0.